The van der Waals surface area contributed by atoms with Crippen LogP contribution in [0.15, 0.2) is 18.2 Å². The highest BCUT2D eigenvalue weighted by molar-refractivity contribution is 5.81. The Morgan fingerprint density at radius 1 is 1.43 bits per heavy atom. The van der Waals surface area contributed by atoms with Gasteiger partial charge in [0.05, 0.1) is 19.6 Å². The minimum absolute atomic E-state index is 0.0388. The topological polar surface area (TPSA) is 73.9 Å². The van der Waals surface area contributed by atoms with Crippen LogP contribution in [0.25, 0.3) is 0 Å². The molecular weight excluding hydrogens is 305 g/mol. The summed E-state index contributed by atoms with van der Waals surface area (Å²) in [6.45, 7) is 0.776. The van der Waals surface area contributed by atoms with Crippen LogP contribution in [0.2, 0.25) is 0 Å². The lowest BCUT2D eigenvalue weighted by molar-refractivity contribution is -0.148. The van der Waals surface area contributed by atoms with Gasteiger partial charge in [0, 0.05) is 13.2 Å². The number of hydrogen-bond acceptors (Lipinski definition) is 5. The van der Waals surface area contributed by atoms with E-state index in [0.29, 0.717) is 18.7 Å². The van der Waals surface area contributed by atoms with Crippen LogP contribution in [0, 0.1) is 5.82 Å². The molecule has 1 amide bonds. The largest absolute Gasteiger partial charge is 0.494 e. The van der Waals surface area contributed by atoms with Crippen molar-refractivity contribution in [2.75, 3.05) is 26.9 Å². The van der Waals surface area contributed by atoms with E-state index in [4.69, 9.17) is 14.2 Å². The van der Waals surface area contributed by atoms with Crippen molar-refractivity contribution in [2.24, 2.45) is 0 Å². The SMILES string of the molecule is COc1ccc(CC(=O)OCC(=O)NC[C@H]2CCCO2)cc1F. The van der Waals surface area contributed by atoms with Crippen molar-refractivity contribution >= 4 is 11.9 Å². The van der Waals surface area contributed by atoms with Crippen LogP contribution in [0.3, 0.4) is 0 Å². The first-order valence-corrected chi connectivity index (χ1v) is 7.45. The summed E-state index contributed by atoms with van der Waals surface area (Å²) in [6, 6.07) is 4.21. The van der Waals surface area contributed by atoms with Crippen LogP contribution >= 0.6 is 0 Å². The van der Waals surface area contributed by atoms with Crippen LogP contribution in [0.5, 0.6) is 5.75 Å². The molecule has 1 N–H and O–H groups in total. The quantitative estimate of drug-likeness (QED) is 0.763. The lowest BCUT2D eigenvalue weighted by atomic mass is 10.1. The Hall–Kier alpha value is -2.15. The van der Waals surface area contributed by atoms with Gasteiger partial charge in [0.2, 0.25) is 0 Å². The van der Waals surface area contributed by atoms with Crippen LogP contribution in [-0.2, 0) is 25.5 Å². The number of benzene rings is 1. The Kier molecular flexibility index (Phi) is 6.34. The highest BCUT2D eigenvalue weighted by atomic mass is 19.1. The van der Waals surface area contributed by atoms with E-state index in [9.17, 15) is 14.0 Å². The van der Waals surface area contributed by atoms with Gasteiger partial charge in [-0.2, -0.15) is 0 Å². The molecule has 1 fully saturated rings. The molecule has 1 atom stereocenters. The molecule has 1 aliphatic heterocycles. The number of ether oxygens (including phenoxy) is 3. The van der Waals surface area contributed by atoms with E-state index in [2.05, 4.69) is 5.32 Å². The summed E-state index contributed by atoms with van der Waals surface area (Å²) in [5, 5.41) is 2.65. The second-order valence-corrected chi connectivity index (χ2v) is 5.25. The maximum absolute atomic E-state index is 13.5. The molecule has 0 aromatic heterocycles. The van der Waals surface area contributed by atoms with Gasteiger partial charge in [-0.1, -0.05) is 6.07 Å². The highest BCUT2D eigenvalue weighted by Gasteiger charge is 2.17. The average Bonchev–Trinajstić information content (AvgIpc) is 3.04. The van der Waals surface area contributed by atoms with E-state index in [-0.39, 0.29) is 30.8 Å². The predicted molar refractivity (Wildman–Crippen MR) is 79.6 cm³/mol. The molecule has 1 aromatic rings. The van der Waals surface area contributed by atoms with Gasteiger partial charge in [0.15, 0.2) is 18.2 Å². The van der Waals surface area contributed by atoms with E-state index in [1.807, 2.05) is 0 Å². The van der Waals surface area contributed by atoms with E-state index in [0.717, 1.165) is 12.8 Å². The first-order valence-electron chi connectivity index (χ1n) is 7.45. The molecule has 2 rings (SSSR count). The fraction of sp³-hybridized carbons (Fsp3) is 0.500. The molecule has 0 saturated carbocycles. The molecule has 126 valence electrons. The van der Waals surface area contributed by atoms with Crippen molar-refractivity contribution in [1.82, 2.24) is 5.32 Å². The third-order valence-electron chi connectivity index (χ3n) is 3.48. The van der Waals surface area contributed by atoms with E-state index in [1.165, 1.54) is 19.2 Å². The Morgan fingerprint density at radius 3 is 2.91 bits per heavy atom. The van der Waals surface area contributed by atoms with Gasteiger partial charge in [-0.3, -0.25) is 9.59 Å². The minimum atomic E-state index is -0.596. The monoisotopic (exact) mass is 325 g/mol. The van der Waals surface area contributed by atoms with Crippen molar-refractivity contribution in [2.45, 2.75) is 25.4 Å². The normalized spacial score (nSPS) is 16.9. The number of carbonyl (C=O) groups excluding carboxylic acids is 2. The molecular formula is C16H20FNO5. The number of hydrogen-bond donors (Lipinski definition) is 1. The zero-order valence-electron chi connectivity index (χ0n) is 13.0. The Labute approximate surface area is 133 Å². The summed E-state index contributed by atoms with van der Waals surface area (Å²) >= 11 is 0. The van der Waals surface area contributed by atoms with E-state index in [1.54, 1.807) is 6.07 Å². The fourth-order valence-corrected chi connectivity index (χ4v) is 2.27. The average molecular weight is 325 g/mol. The number of nitrogens with one attached hydrogen (secondary N) is 1. The summed E-state index contributed by atoms with van der Waals surface area (Å²) in [5.74, 6) is -1.42. The molecule has 0 aliphatic carbocycles. The molecule has 1 saturated heterocycles. The molecule has 1 heterocycles. The maximum Gasteiger partial charge on any atom is 0.310 e. The molecule has 0 radical (unpaired) electrons. The Bertz CT molecular complexity index is 557. The summed E-state index contributed by atoms with van der Waals surface area (Å²) in [4.78, 5) is 23.2. The summed E-state index contributed by atoms with van der Waals surface area (Å²) in [5.41, 5.74) is 0.452. The maximum atomic E-state index is 13.5. The van der Waals surface area contributed by atoms with Crippen LogP contribution in [-0.4, -0.2) is 44.8 Å². The van der Waals surface area contributed by atoms with Crippen molar-refractivity contribution in [3.05, 3.63) is 29.6 Å². The molecule has 0 spiro atoms. The number of carbonyl (C=O) groups is 2. The van der Waals surface area contributed by atoms with E-state index >= 15 is 0 Å². The minimum Gasteiger partial charge on any atom is -0.494 e. The van der Waals surface area contributed by atoms with E-state index < -0.39 is 11.8 Å². The Morgan fingerprint density at radius 2 is 2.26 bits per heavy atom. The number of rotatable bonds is 7. The zero-order valence-corrected chi connectivity index (χ0v) is 13.0. The van der Waals surface area contributed by atoms with Crippen molar-refractivity contribution in [3.8, 4) is 5.75 Å². The lowest BCUT2D eigenvalue weighted by Gasteiger charge is -2.11. The van der Waals surface area contributed by atoms with Gasteiger partial charge < -0.3 is 19.5 Å². The number of halogens is 1. The third kappa shape index (κ3) is 5.52. The molecule has 1 aromatic carbocycles. The van der Waals surface area contributed by atoms with Crippen LogP contribution in [0.1, 0.15) is 18.4 Å². The van der Waals surface area contributed by atoms with Crippen molar-refractivity contribution in [3.63, 3.8) is 0 Å². The van der Waals surface area contributed by atoms with Crippen molar-refractivity contribution in [1.29, 1.82) is 0 Å². The molecule has 0 bridgehead atoms. The van der Waals surface area contributed by atoms with Gasteiger partial charge in [0.25, 0.3) is 5.91 Å². The summed E-state index contributed by atoms with van der Waals surface area (Å²) < 4.78 is 28.6. The van der Waals surface area contributed by atoms with Gasteiger partial charge in [-0.25, -0.2) is 4.39 Å². The first-order chi connectivity index (χ1) is 11.1. The van der Waals surface area contributed by atoms with Crippen LogP contribution in [0.4, 0.5) is 4.39 Å². The predicted octanol–water partition coefficient (Wildman–Crippen LogP) is 1.22. The highest BCUT2D eigenvalue weighted by Crippen LogP contribution is 2.18. The number of esters is 1. The zero-order chi connectivity index (χ0) is 16.7. The number of amides is 1. The summed E-state index contributed by atoms with van der Waals surface area (Å²) in [7, 11) is 1.36. The fourth-order valence-electron chi connectivity index (χ4n) is 2.27. The molecule has 23 heavy (non-hydrogen) atoms. The molecule has 1 aliphatic rings. The van der Waals surface area contributed by atoms with Crippen molar-refractivity contribution < 1.29 is 28.2 Å². The van der Waals surface area contributed by atoms with Gasteiger partial charge >= 0.3 is 5.97 Å². The summed E-state index contributed by atoms with van der Waals surface area (Å²) in [6.07, 6.45) is 1.84. The molecule has 6 nitrogen and oxygen atoms in total. The standard InChI is InChI=1S/C16H20FNO5/c1-21-14-5-4-11(7-13(14)17)8-16(20)23-10-15(19)18-9-12-3-2-6-22-12/h4-5,7,12H,2-3,6,8-10H2,1H3,(H,18,19)/t12-/m1/s1. The van der Waals surface area contributed by atoms with Gasteiger partial charge in [-0.15, -0.1) is 0 Å². The third-order valence-corrected chi connectivity index (χ3v) is 3.48. The van der Waals surface area contributed by atoms with Gasteiger partial charge in [-0.05, 0) is 30.5 Å². The second-order valence-electron chi connectivity index (χ2n) is 5.25. The lowest BCUT2D eigenvalue weighted by Crippen LogP contribution is -2.35. The van der Waals surface area contributed by atoms with Gasteiger partial charge in [0.1, 0.15) is 0 Å². The first kappa shape index (κ1) is 17.2. The second kappa shape index (κ2) is 8.47. The molecule has 0 unspecified atom stereocenters. The Balaban J connectivity index is 1.69. The smallest absolute Gasteiger partial charge is 0.310 e. The molecule has 7 heteroatoms. The number of methoxy groups -OCH3 is 1. The van der Waals surface area contributed by atoms with Crippen LogP contribution < -0.4 is 10.1 Å².